The van der Waals surface area contributed by atoms with Crippen LogP contribution in [-0.2, 0) is 11.2 Å². The third-order valence-corrected chi connectivity index (χ3v) is 7.51. The minimum atomic E-state index is 0.0790. The number of hydrogen-bond acceptors (Lipinski definition) is 4. The number of benzene rings is 1. The van der Waals surface area contributed by atoms with Crippen LogP contribution < -0.4 is 10.6 Å². The largest absolute Gasteiger partial charge is 0.378 e. The molecule has 1 aromatic carbocycles. The molecule has 224 valence electrons. The van der Waals surface area contributed by atoms with Gasteiger partial charge in [0.05, 0.1) is 10.7 Å². The standard InChI is InChI=1S/C19H28.C11H18N2OS2.C2H5P.C2H4/c1-4-5-6-9-17-11-12-19(16(3)14-17)18-10-7-8-15(2)13-18;1-6(14)11-9(5-12-8(3)16)4-10(13-11)7(2)15;1-3-2;1-2/h11-14,18H,4-10H2,1-3H3;7,10,13,15H,4-5H2,1-3H3,(H,12,16);1H2,2H3;1-2H2. The first-order valence-electron chi connectivity index (χ1n) is 14.6. The van der Waals surface area contributed by atoms with Gasteiger partial charge in [-0.25, -0.2) is 0 Å². The van der Waals surface area contributed by atoms with E-state index in [-0.39, 0.29) is 17.1 Å². The van der Waals surface area contributed by atoms with Gasteiger partial charge in [-0.05, 0) is 88.2 Å². The van der Waals surface area contributed by atoms with E-state index in [1.807, 2.05) is 20.5 Å². The van der Waals surface area contributed by atoms with Gasteiger partial charge in [-0.15, -0.1) is 21.4 Å². The Morgan fingerprint density at radius 1 is 1.25 bits per heavy atom. The molecule has 3 atom stereocenters. The van der Waals surface area contributed by atoms with Crippen molar-refractivity contribution in [2.24, 2.45) is 0 Å². The predicted molar refractivity (Wildman–Crippen MR) is 190 cm³/mol. The summed E-state index contributed by atoms with van der Waals surface area (Å²) in [4.78, 5) is 12.2. The number of hydrogen-bond donors (Lipinski definition) is 3. The first-order valence-corrected chi connectivity index (χ1v) is 17.0. The molecule has 40 heavy (non-hydrogen) atoms. The van der Waals surface area contributed by atoms with Gasteiger partial charge in [-0.3, -0.25) is 4.79 Å². The monoisotopic (exact) mass is 602 g/mol. The summed E-state index contributed by atoms with van der Waals surface area (Å²) in [5.74, 6) is 0.744. The first kappa shape index (κ1) is 38.3. The molecule has 0 saturated heterocycles. The molecule has 0 radical (unpaired) electrons. The summed E-state index contributed by atoms with van der Waals surface area (Å²) in [6.07, 6.45) is 16.0. The number of carbonyl (C=O) groups is 1. The van der Waals surface area contributed by atoms with Crippen molar-refractivity contribution in [2.45, 2.75) is 110 Å². The molecule has 1 aliphatic heterocycles. The number of carbonyl (C=O) groups excluding carboxylic acids is 1. The van der Waals surface area contributed by atoms with Crippen molar-refractivity contribution >= 4 is 50.1 Å². The highest BCUT2D eigenvalue weighted by molar-refractivity contribution is 7.81. The van der Waals surface area contributed by atoms with Crippen molar-refractivity contribution in [1.82, 2.24) is 10.6 Å². The molecule has 3 rings (SSSR count). The average Bonchev–Trinajstić information content (AvgIpc) is 3.35. The van der Waals surface area contributed by atoms with E-state index in [4.69, 9.17) is 12.2 Å². The Balaban J connectivity index is 0.000000663. The maximum absolute atomic E-state index is 11.5. The minimum absolute atomic E-state index is 0.0790. The van der Waals surface area contributed by atoms with Gasteiger partial charge in [-0.1, -0.05) is 75.1 Å². The van der Waals surface area contributed by atoms with Crippen LogP contribution in [0.5, 0.6) is 0 Å². The molecule has 1 aromatic rings. The van der Waals surface area contributed by atoms with E-state index in [0.717, 1.165) is 22.7 Å². The Labute approximate surface area is 259 Å². The summed E-state index contributed by atoms with van der Waals surface area (Å²) in [6, 6.07) is 7.40. The SMILES string of the molecule is C=C.C=PC.CC(=O)C1=C(CNC(C)=S)CC(C(C)S)N1.CCCCCc1ccc(C2C=C(C)CCC2)c(C)c1. The summed E-state index contributed by atoms with van der Waals surface area (Å²) in [5.41, 5.74) is 7.97. The van der Waals surface area contributed by atoms with Gasteiger partial charge in [-0.2, -0.15) is 12.6 Å². The van der Waals surface area contributed by atoms with Crippen LogP contribution >= 0.6 is 33.1 Å². The number of thiocarbonyl (C=S) groups is 1. The Morgan fingerprint density at radius 3 is 2.40 bits per heavy atom. The molecule has 3 nitrogen and oxygen atoms in total. The maximum Gasteiger partial charge on any atom is 0.175 e. The second kappa shape index (κ2) is 22.0. The lowest BCUT2D eigenvalue weighted by molar-refractivity contribution is -0.114. The normalized spacial score (nSPS) is 18.4. The zero-order valence-electron chi connectivity index (χ0n) is 26.2. The number of thiol groups is 1. The lowest BCUT2D eigenvalue weighted by Crippen LogP contribution is -2.31. The molecule has 0 spiro atoms. The van der Waals surface area contributed by atoms with Crippen molar-refractivity contribution in [3.63, 3.8) is 0 Å². The molecule has 1 heterocycles. The van der Waals surface area contributed by atoms with Gasteiger partial charge in [0.2, 0.25) is 0 Å². The third-order valence-electron chi connectivity index (χ3n) is 7.01. The van der Waals surface area contributed by atoms with Crippen LogP contribution in [0.2, 0.25) is 0 Å². The van der Waals surface area contributed by atoms with Gasteiger partial charge in [0.15, 0.2) is 5.78 Å². The number of rotatable bonds is 9. The van der Waals surface area contributed by atoms with E-state index < -0.39 is 0 Å². The van der Waals surface area contributed by atoms with Crippen LogP contribution in [0.25, 0.3) is 0 Å². The number of nitrogens with one attached hydrogen (secondary N) is 2. The van der Waals surface area contributed by atoms with Crippen molar-refractivity contribution in [3.05, 3.63) is 71.0 Å². The zero-order chi connectivity index (χ0) is 30.7. The summed E-state index contributed by atoms with van der Waals surface area (Å²) < 4.78 is 0. The molecule has 0 saturated carbocycles. The summed E-state index contributed by atoms with van der Waals surface area (Å²) in [7, 11) is 1.17. The molecule has 0 aromatic heterocycles. The maximum atomic E-state index is 11.5. The van der Waals surface area contributed by atoms with Crippen molar-refractivity contribution in [1.29, 1.82) is 0 Å². The Kier molecular flexibility index (Phi) is 21.1. The molecular weight excluding hydrogens is 547 g/mol. The van der Waals surface area contributed by atoms with E-state index in [2.05, 4.69) is 87.8 Å². The van der Waals surface area contributed by atoms with E-state index in [1.165, 1.54) is 64.3 Å². The van der Waals surface area contributed by atoms with Crippen LogP contribution in [0.15, 0.2) is 54.3 Å². The smallest absolute Gasteiger partial charge is 0.175 e. The predicted octanol–water partition coefficient (Wildman–Crippen LogP) is 9.18. The molecule has 0 amide bonds. The number of aryl methyl sites for hydroxylation is 2. The minimum Gasteiger partial charge on any atom is -0.378 e. The fourth-order valence-corrected chi connectivity index (χ4v) is 5.24. The van der Waals surface area contributed by atoms with Gasteiger partial charge >= 0.3 is 0 Å². The summed E-state index contributed by atoms with van der Waals surface area (Å²) in [6.45, 7) is 20.9. The third kappa shape index (κ3) is 14.8. The quantitative estimate of drug-likeness (QED) is 0.0867. The molecule has 3 unspecified atom stereocenters. The van der Waals surface area contributed by atoms with Crippen LogP contribution in [0.1, 0.15) is 102 Å². The van der Waals surface area contributed by atoms with E-state index in [0.29, 0.717) is 12.5 Å². The Hall–Kier alpha value is -1.68. The van der Waals surface area contributed by atoms with Gasteiger partial charge in [0, 0.05) is 30.7 Å². The van der Waals surface area contributed by atoms with Crippen molar-refractivity contribution in [3.8, 4) is 0 Å². The Bertz CT molecular complexity index is 1000. The second-order valence-corrected chi connectivity index (χ2v) is 12.7. The molecule has 1 aliphatic carbocycles. The number of ketones is 1. The topological polar surface area (TPSA) is 41.1 Å². The van der Waals surface area contributed by atoms with Gasteiger partial charge in [0.1, 0.15) is 0 Å². The molecular formula is C34H55N2OPS2. The molecule has 6 heteroatoms. The summed E-state index contributed by atoms with van der Waals surface area (Å²) >= 11 is 9.37. The van der Waals surface area contributed by atoms with E-state index in [9.17, 15) is 4.79 Å². The van der Waals surface area contributed by atoms with Gasteiger partial charge in [0.25, 0.3) is 0 Å². The first-order chi connectivity index (χ1) is 19.0. The second-order valence-electron chi connectivity index (χ2n) is 10.6. The average molecular weight is 603 g/mol. The summed E-state index contributed by atoms with van der Waals surface area (Å²) in [5, 5.41) is 6.54. The highest BCUT2D eigenvalue weighted by Crippen LogP contribution is 2.33. The zero-order valence-corrected chi connectivity index (χ0v) is 28.8. The number of Topliss-reactive ketones (excluding diaryl/α,β-unsaturated/α-hetero) is 1. The van der Waals surface area contributed by atoms with Crippen LogP contribution in [0.4, 0.5) is 0 Å². The highest BCUT2D eigenvalue weighted by atomic mass is 32.1. The fraction of sp³-hybridized carbons (Fsp3) is 0.559. The number of allylic oxidation sites excluding steroid dienone is 3. The molecule has 0 bridgehead atoms. The Morgan fingerprint density at radius 2 is 1.90 bits per heavy atom. The fourth-order valence-electron chi connectivity index (χ4n) is 4.98. The van der Waals surface area contributed by atoms with Gasteiger partial charge < -0.3 is 10.6 Å². The molecule has 0 fully saturated rings. The molecule has 2 N–H and O–H groups in total. The van der Waals surface area contributed by atoms with E-state index in [1.54, 1.807) is 18.1 Å². The van der Waals surface area contributed by atoms with Crippen molar-refractivity contribution in [2.75, 3.05) is 13.2 Å². The van der Waals surface area contributed by atoms with Crippen LogP contribution in [0, 0.1) is 6.92 Å². The lowest BCUT2D eigenvalue weighted by atomic mass is 9.83. The molecule has 2 aliphatic rings. The van der Waals surface area contributed by atoms with Crippen molar-refractivity contribution < 1.29 is 4.79 Å². The van der Waals surface area contributed by atoms with Crippen LogP contribution in [0.3, 0.4) is 0 Å². The number of unbranched alkanes of at least 4 members (excludes halogenated alkanes) is 2. The lowest BCUT2D eigenvalue weighted by Gasteiger charge is -2.22. The van der Waals surface area contributed by atoms with E-state index >= 15 is 0 Å². The highest BCUT2D eigenvalue weighted by Gasteiger charge is 2.27. The van der Waals surface area contributed by atoms with Crippen LogP contribution in [-0.4, -0.2) is 41.6 Å².